The lowest BCUT2D eigenvalue weighted by Crippen LogP contribution is -2.54. The van der Waals surface area contributed by atoms with E-state index in [9.17, 15) is 9.59 Å². The van der Waals surface area contributed by atoms with Crippen molar-refractivity contribution in [2.24, 2.45) is 5.73 Å². The molecule has 0 aliphatic carbocycles. The Balaban J connectivity index is 1.57. The Morgan fingerprint density at radius 1 is 1.33 bits per heavy atom. The number of hydrogen-bond donors (Lipinski definition) is 2. The number of ether oxygens (including phenoxy) is 2. The van der Waals surface area contributed by atoms with E-state index < -0.39 is 11.9 Å². The smallest absolute Gasteiger partial charge is 0.237 e. The van der Waals surface area contributed by atoms with Gasteiger partial charge in [-0.05, 0) is 5.56 Å². The Morgan fingerprint density at radius 2 is 2.12 bits per heavy atom. The monoisotopic (exact) mass is 335 g/mol. The van der Waals surface area contributed by atoms with Crippen molar-refractivity contribution in [3.05, 3.63) is 35.9 Å². The first kappa shape index (κ1) is 18.4. The first-order valence-corrected chi connectivity index (χ1v) is 8.16. The number of nitrogens with two attached hydrogens (primary N) is 1. The molecule has 0 aromatic heterocycles. The second kappa shape index (κ2) is 10.0. The number of nitrogens with zero attached hydrogens (tertiary/aromatic N) is 1. The third-order valence-electron chi connectivity index (χ3n) is 3.87. The van der Waals surface area contributed by atoms with Crippen LogP contribution in [0, 0.1) is 0 Å². The second-order valence-corrected chi connectivity index (χ2v) is 5.67. The summed E-state index contributed by atoms with van der Waals surface area (Å²) in [5.41, 5.74) is 6.44. The first-order chi connectivity index (χ1) is 11.7. The van der Waals surface area contributed by atoms with Gasteiger partial charge in [-0.2, -0.15) is 0 Å². The Morgan fingerprint density at radius 3 is 2.88 bits per heavy atom. The van der Waals surface area contributed by atoms with E-state index >= 15 is 0 Å². The molecular formula is C17H25N3O4. The van der Waals surface area contributed by atoms with Crippen molar-refractivity contribution >= 4 is 11.8 Å². The summed E-state index contributed by atoms with van der Waals surface area (Å²) < 4.78 is 10.7. The summed E-state index contributed by atoms with van der Waals surface area (Å²) in [4.78, 5) is 25.1. The molecule has 1 aromatic rings. The van der Waals surface area contributed by atoms with Gasteiger partial charge in [0.05, 0.1) is 26.4 Å². The van der Waals surface area contributed by atoms with E-state index in [-0.39, 0.29) is 5.91 Å². The number of rotatable bonds is 9. The minimum Gasteiger partial charge on any atom is -0.378 e. The van der Waals surface area contributed by atoms with Gasteiger partial charge < -0.3 is 20.5 Å². The molecule has 2 rings (SSSR count). The molecule has 0 spiro atoms. The number of benzene rings is 1. The van der Waals surface area contributed by atoms with Crippen LogP contribution in [0.3, 0.4) is 0 Å². The molecule has 7 nitrogen and oxygen atoms in total. The van der Waals surface area contributed by atoms with Crippen molar-refractivity contribution < 1.29 is 19.1 Å². The van der Waals surface area contributed by atoms with Crippen LogP contribution in [-0.4, -0.2) is 62.2 Å². The van der Waals surface area contributed by atoms with Crippen LogP contribution in [-0.2, 0) is 25.7 Å². The average molecular weight is 335 g/mol. The van der Waals surface area contributed by atoms with Crippen LogP contribution in [0.1, 0.15) is 12.0 Å². The third kappa shape index (κ3) is 6.27. The predicted molar refractivity (Wildman–Crippen MR) is 89.1 cm³/mol. The maximum absolute atomic E-state index is 11.8. The fraction of sp³-hybridized carbons (Fsp3) is 0.529. The minimum atomic E-state index is -0.412. The summed E-state index contributed by atoms with van der Waals surface area (Å²) in [5, 5.41) is 2.83. The number of carbonyl (C=O) groups excluding carboxylic acids is 2. The summed E-state index contributed by atoms with van der Waals surface area (Å²) in [6.07, 6.45) is 0.315. The Labute approximate surface area is 142 Å². The summed E-state index contributed by atoms with van der Waals surface area (Å²) in [6.45, 7) is 3.46. The van der Waals surface area contributed by atoms with Crippen LogP contribution in [0.2, 0.25) is 0 Å². The zero-order valence-electron chi connectivity index (χ0n) is 13.8. The van der Waals surface area contributed by atoms with E-state index in [4.69, 9.17) is 15.2 Å². The van der Waals surface area contributed by atoms with Gasteiger partial charge in [0, 0.05) is 26.1 Å². The summed E-state index contributed by atoms with van der Waals surface area (Å²) in [5.74, 6) is -0.456. The van der Waals surface area contributed by atoms with Crippen LogP contribution in [0.25, 0.3) is 0 Å². The van der Waals surface area contributed by atoms with E-state index in [1.807, 2.05) is 35.2 Å². The zero-order valence-corrected chi connectivity index (χ0v) is 13.8. The number of nitrogens with one attached hydrogen (secondary N) is 1. The number of amides is 2. The quantitative estimate of drug-likeness (QED) is 0.615. The average Bonchev–Trinajstić information content (AvgIpc) is 2.60. The van der Waals surface area contributed by atoms with Crippen LogP contribution >= 0.6 is 0 Å². The van der Waals surface area contributed by atoms with Crippen LogP contribution in [0.5, 0.6) is 0 Å². The molecular weight excluding hydrogens is 310 g/mol. The van der Waals surface area contributed by atoms with Crippen molar-refractivity contribution in [2.75, 3.05) is 39.5 Å². The van der Waals surface area contributed by atoms with E-state index in [1.54, 1.807) is 0 Å². The maximum Gasteiger partial charge on any atom is 0.237 e. The molecule has 1 aliphatic heterocycles. The summed E-state index contributed by atoms with van der Waals surface area (Å²) >= 11 is 0. The van der Waals surface area contributed by atoms with Crippen molar-refractivity contribution in [3.63, 3.8) is 0 Å². The molecule has 132 valence electrons. The van der Waals surface area contributed by atoms with Gasteiger partial charge >= 0.3 is 0 Å². The van der Waals surface area contributed by atoms with Gasteiger partial charge in [-0.15, -0.1) is 0 Å². The zero-order chi connectivity index (χ0) is 17.2. The molecule has 0 saturated carbocycles. The van der Waals surface area contributed by atoms with E-state index in [2.05, 4.69) is 5.32 Å². The standard InChI is InChI=1S/C17H25N3O4/c18-17(22)15-13-24-11-9-20(15)8-7-19-16(21)6-10-23-12-14-4-2-1-3-5-14/h1-5,15H,6-13H2,(H2,18,22)(H,19,21). The molecule has 1 heterocycles. The molecule has 1 atom stereocenters. The molecule has 1 unspecified atom stereocenters. The summed E-state index contributed by atoms with van der Waals surface area (Å²) in [6, 6.07) is 9.42. The highest BCUT2D eigenvalue weighted by Gasteiger charge is 2.27. The molecule has 0 bridgehead atoms. The van der Waals surface area contributed by atoms with Crippen molar-refractivity contribution in [3.8, 4) is 0 Å². The van der Waals surface area contributed by atoms with E-state index in [0.29, 0.717) is 52.5 Å². The van der Waals surface area contributed by atoms with Crippen molar-refractivity contribution in [2.45, 2.75) is 19.1 Å². The van der Waals surface area contributed by atoms with Crippen molar-refractivity contribution in [1.29, 1.82) is 0 Å². The van der Waals surface area contributed by atoms with Gasteiger partial charge in [0.1, 0.15) is 6.04 Å². The third-order valence-corrected chi connectivity index (χ3v) is 3.87. The number of morpholine rings is 1. The molecule has 3 N–H and O–H groups in total. The largest absolute Gasteiger partial charge is 0.378 e. The highest BCUT2D eigenvalue weighted by molar-refractivity contribution is 5.80. The topological polar surface area (TPSA) is 93.9 Å². The summed E-state index contributed by atoms with van der Waals surface area (Å²) in [7, 11) is 0. The number of hydrogen-bond acceptors (Lipinski definition) is 5. The SMILES string of the molecule is NC(=O)C1COCCN1CCNC(=O)CCOCc1ccccc1. The minimum absolute atomic E-state index is 0.0630. The highest BCUT2D eigenvalue weighted by Crippen LogP contribution is 2.05. The van der Waals surface area contributed by atoms with Gasteiger partial charge in [0.25, 0.3) is 0 Å². The predicted octanol–water partition coefficient (Wildman–Crippen LogP) is -0.104. The van der Waals surface area contributed by atoms with Gasteiger partial charge in [-0.25, -0.2) is 0 Å². The lowest BCUT2D eigenvalue weighted by atomic mass is 10.2. The molecule has 1 aromatic carbocycles. The lowest BCUT2D eigenvalue weighted by Gasteiger charge is -2.33. The fourth-order valence-electron chi connectivity index (χ4n) is 2.52. The van der Waals surface area contributed by atoms with Crippen LogP contribution < -0.4 is 11.1 Å². The molecule has 2 amide bonds. The van der Waals surface area contributed by atoms with Gasteiger partial charge in [-0.1, -0.05) is 30.3 Å². The molecule has 0 radical (unpaired) electrons. The first-order valence-electron chi connectivity index (χ1n) is 8.16. The Bertz CT molecular complexity index is 524. The maximum atomic E-state index is 11.8. The van der Waals surface area contributed by atoms with E-state index in [0.717, 1.165) is 5.56 Å². The van der Waals surface area contributed by atoms with Crippen molar-refractivity contribution in [1.82, 2.24) is 10.2 Å². The normalized spacial score (nSPS) is 18.2. The fourth-order valence-corrected chi connectivity index (χ4v) is 2.52. The van der Waals surface area contributed by atoms with E-state index in [1.165, 1.54) is 0 Å². The lowest BCUT2D eigenvalue weighted by molar-refractivity contribution is -0.129. The second-order valence-electron chi connectivity index (χ2n) is 5.67. The number of primary amides is 1. The Kier molecular flexibility index (Phi) is 7.67. The Hall–Kier alpha value is -1.96. The molecule has 1 fully saturated rings. The molecule has 24 heavy (non-hydrogen) atoms. The van der Waals surface area contributed by atoms with Crippen LogP contribution in [0.15, 0.2) is 30.3 Å². The molecule has 1 aliphatic rings. The number of carbonyl (C=O) groups is 2. The van der Waals surface area contributed by atoms with Gasteiger partial charge in [0.15, 0.2) is 0 Å². The van der Waals surface area contributed by atoms with Crippen LogP contribution in [0.4, 0.5) is 0 Å². The molecule has 7 heteroatoms. The highest BCUT2D eigenvalue weighted by atomic mass is 16.5. The van der Waals surface area contributed by atoms with Gasteiger partial charge in [-0.3, -0.25) is 14.5 Å². The molecule has 1 saturated heterocycles. The van der Waals surface area contributed by atoms with Gasteiger partial charge in [0.2, 0.25) is 11.8 Å².